The van der Waals surface area contributed by atoms with Crippen LogP contribution in [0.25, 0.3) is 15.9 Å². The van der Waals surface area contributed by atoms with Gasteiger partial charge in [0.15, 0.2) is 4.34 Å². The van der Waals surface area contributed by atoms with Crippen LogP contribution in [0.3, 0.4) is 0 Å². The molecule has 7 nitrogen and oxygen atoms in total. The number of thioether (sulfide) groups is 1. The number of alkyl halides is 2. The molecule has 3 aromatic rings. The number of thiazole rings is 1. The second-order valence-corrected chi connectivity index (χ2v) is 7.55. The van der Waals surface area contributed by atoms with Crippen molar-refractivity contribution in [3.8, 4) is 5.69 Å². The van der Waals surface area contributed by atoms with Gasteiger partial charge < -0.3 is 4.74 Å². The predicted molar refractivity (Wildman–Crippen MR) is 94.9 cm³/mol. The highest BCUT2D eigenvalue weighted by atomic mass is 35.5. The van der Waals surface area contributed by atoms with Crippen molar-refractivity contribution in [1.82, 2.24) is 19.3 Å². The molecule has 0 aliphatic heterocycles. The summed E-state index contributed by atoms with van der Waals surface area (Å²) in [6.07, 6.45) is 0. The molecule has 0 saturated heterocycles. The molecule has 1 aromatic carbocycles. The standard InChI is InChI=1S/C14H11ClF2N4O3S2/c1-3-24-14(23)26-12-18-8-5-9(7(15)4-10(8)25-12)21-13(22)20(11(16)17)6(2)19-21/h4-5,11H,3H2,1-2H3. The lowest BCUT2D eigenvalue weighted by Gasteiger charge is -2.02. The number of aryl methyl sites for hydroxylation is 1. The summed E-state index contributed by atoms with van der Waals surface area (Å²) in [7, 11) is 0. The minimum absolute atomic E-state index is 0.129. The lowest BCUT2D eigenvalue weighted by Crippen LogP contribution is -2.24. The molecule has 3 rings (SSSR count). The molecule has 0 unspecified atom stereocenters. The van der Waals surface area contributed by atoms with Gasteiger partial charge in [-0.05, 0) is 26.0 Å². The molecule has 0 atom stereocenters. The van der Waals surface area contributed by atoms with Gasteiger partial charge in [-0.2, -0.15) is 13.5 Å². The summed E-state index contributed by atoms with van der Waals surface area (Å²) in [6.45, 7) is 0.238. The maximum atomic E-state index is 13.0. The fourth-order valence-electron chi connectivity index (χ4n) is 2.20. The number of carbonyl (C=O) groups is 1. The molecule has 138 valence electrons. The molecule has 0 amide bonds. The van der Waals surface area contributed by atoms with Crippen LogP contribution in [-0.4, -0.2) is 31.2 Å². The van der Waals surface area contributed by atoms with Crippen LogP contribution >= 0.6 is 34.7 Å². The Morgan fingerprint density at radius 1 is 1.46 bits per heavy atom. The van der Waals surface area contributed by atoms with Crippen molar-refractivity contribution in [2.75, 3.05) is 6.61 Å². The molecule has 12 heteroatoms. The lowest BCUT2D eigenvalue weighted by molar-refractivity contribution is 0.0640. The summed E-state index contributed by atoms with van der Waals surface area (Å²) in [6, 6.07) is 3.01. The van der Waals surface area contributed by atoms with E-state index in [0.717, 1.165) is 16.4 Å². The molecule has 0 saturated carbocycles. The molecular weight excluding hydrogens is 410 g/mol. The highest BCUT2D eigenvalue weighted by Crippen LogP contribution is 2.34. The monoisotopic (exact) mass is 420 g/mol. The first-order valence-electron chi connectivity index (χ1n) is 7.23. The zero-order valence-electron chi connectivity index (χ0n) is 13.4. The molecule has 0 aliphatic carbocycles. The normalized spacial score (nSPS) is 11.5. The number of hydrogen-bond acceptors (Lipinski definition) is 7. The van der Waals surface area contributed by atoms with Gasteiger partial charge in [0, 0.05) is 11.8 Å². The number of nitrogens with zero attached hydrogens (tertiary/aromatic N) is 4. The van der Waals surface area contributed by atoms with E-state index in [9.17, 15) is 18.4 Å². The Bertz CT molecular complexity index is 1050. The van der Waals surface area contributed by atoms with Crippen molar-refractivity contribution in [1.29, 1.82) is 0 Å². The number of benzene rings is 1. The van der Waals surface area contributed by atoms with Crippen molar-refractivity contribution in [3.05, 3.63) is 33.5 Å². The van der Waals surface area contributed by atoms with E-state index in [-0.39, 0.29) is 27.7 Å². The van der Waals surface area contributed by atoms with E-state index in [1.165, 1.54) is 24.3 Å². The molecule has 0 fully saturated rings. The van der Waals surface area contributed by atoms with E-state index >= 15 is 0 Å². The van der Waals surface area contributed by atoms with Crippen LogP contribution in [0.5, 0.6) is 0 Å². The molecule has 0 aliphatic rings. The zero-order chi connectivity index (χ0) is 19.0. The van der Waals surface area contributed by atoms with Crippen LogP contribution in [-0.2, 0) is 4.74 Å². The number of aromatic nitrogens is 4. The highest BCUT2D eigenvalue weighted by Gasteiger charge is 2.21. The summed E-state index contributed by atoms with van der Waals surface area (Å²) in [5, 5.41) is 3.51. The molecule has 0 radical (unpaired) electrons. The maximum Gasteiger partial charge on any atom is 0.374 e. The first-order chi connectivity index (χ1) is 12.3. The lowest BCUT2D eigenvalue weighted by atomic mass is 10.3. The van der Waals surface area contributed by atoms with E-state index in [4.69, 9.17) is 16.3 Å². The Hall–Kier alpha value is -1.98. The van der Waals surface area contributed by atoms with Crippen molar-refractivity contribution in [2.45, 2.75) is 24.7 Å². The van der Waals surface area contributed by atoms with Crippen LogP contribution in [0.2, 0.25) is 5.02 Å². The van der Waals surface area contributed by atoms with E-state index in [0.29, 0.717) is 14.6 Å². The van der Waals surface area contributed by atoms with Crippen molar-refractivity contribution >= 4 is 50.2 Å². The second-order valence-electron chi connectivity index (χ2n) is 4.93. The van der Waals surface area contributed by atoms with Crippen molar-refractivity contribution < 1.29 is 18.3 Å². The Balaban J connectivity index is 2.06. The summed E-state index contributed by atoms with van der Waals surface area (Å²) < 4.78 is 33.0. The summed E-state index contributed by atoms with van der Waals surface area (Å²) in [5.41, 5.74) is -0.419. The number of halogens is 3. The molecule has 0 bridgehead atoms. The Kier molecular flexibility index (Phi) is 5.30. The summed E-state index contributed by atoms with van der Waals surface area (Å²) in [5.74, 6) is -0.141. The van der Waals surface area contributed by atoms with Crippen LogP contribution < -0.4 is 5.69 Å². The van der Waals surface area contributed by atoms with E-state index in [1.54, 1.807) is 13.0 Å². The molecular formula is C14H11ClF2N4O3S2. The van der Waals surface area contributed by atoms with Gasteiger partial charge in [-0.25, -0.2) is 19.1 Å². The van der Waals surface area contributed by atoms with Gasteiger partial charge in [0.1, 0.15) is 5.82 Å². The maximum absolute atomic E-state index is 13.0. The minimum Gasteiger partial charge on any atom is -0.458 e. The van der Waals surface area contributed by atoms with Crippen LogP contribution in [0.4, 0.5) is 13.6 Å². The third kappa shape index (κ3) is 3.46. The molecule has 0 spiro atoms. The van der Waals surface area contributed by atoms with Gasteiger partial charge in [0.25, 0.3) is 0 Å². The highest BCUT2D eigenvalue weighted by molar-refractivity contribution is 8.14. The van der Waals surface area contributed by atoms with E-state index < -0.39 is 17.5 Å². The fourth-order valence-corrected chi connectivity index (χ4v) is 4.33. The van der Waals surface area contributed by atoms with Gasteiger partial charge in [-0.3, -0.25) is 0 Å². The summed E-state index contributed by atoms with van der Waals surface area (Å²) >= 11 is 8.25. The first-order valence-corrected chi connectivity index (χ1v) is 9.24. The Morgan fingerprint density at radius 2 is 2.19 bits per heavy atom. The quantitative estimate of drug-likeness (QED) is 0.463. The van der Waals surface area contributed by atoms with Gasteiger partial charge in [0.05, 0.1) is 27.5 Å². The fraction of sp³-hybridized carbons (Fsp3) is 0.286. The SMILES string of the molecule is CCOC(=O)Sc1nc2cc(-n3nc(C)n(C(F)F)c3=O)c(Cl)cc2s1. The number of ether oxygens (including phenoxy) is 1. The predicted octanol–water partition coefficient (Wildman–Crippen LogP) is 4.25. The van der Waals surface area contributed by atoms with Crippen LogP contribution in [0, 0.1) is 6.92 Å². The molecule has 2 heterocycles. The third-order valence-corrected chi connectivity index (χ3v) is 5.44. The summed E-state index contributed by atoms with van der Waals surface area (Å²) in [4.78, 5) is 28.0. The van der Waals surface area contributed by atoms with Crippen molar-refractivity contribution in [2.24, 2.45) is 0 Å². The van der Waals surface area contributed by atoms with Gasteiger partial charge >= 0.3 is 17.5 Å². The zero-order valence-corrected chi connectivity index (χ0v) is 15.8. The van der Waals surface area contributed by atoms with Crippen LogP contribution in [0.1, 0.15) is 19.3 Å². The number of fused-ring (bicyclic) bond motifs is 1. The molecule has 26 heavy (non-hydrogen) atoms. The van der Waals surface area contributed by atoms with Gasteiger partial charge in [0.2, 0.25) is 0 Å². The average molecular weight is 421 g/mol. The number of carbonyl (C=O) groups excluding carboxylic acids is 1. The third-order valence-electron chi connectivity index (χ3n) is 3.27. The first kappa shape index (κ1) is 18.8. The topological polar surface area (TPSA) is 79.0 Å². The smallest absolute Gasteiger partial charge is 0.374 e. The Morgan fingerprint density at radius 3 is 2.81 bits per heavy atom. The van der Waals surface area contributed by atoms with Gasteiger partial charge in [-0.15, -0.1) is 16.4 Å². The van der Waals surface area contributed by atoms with Crippen LogP contribution in [0.15, 0.2) is 21.3 Å². The largest absolute Gasteiger partial charge is 0.458 e. The molecule has 0 N–H and O–H groups in total. The van der Waals surface area contributed by atoms with E-state index in [1.807, 2.05) is 0 Å². The van der Waals surface area contributed by atoms with E-state index in [2.05, 4.69) is 10.1 Å². The van der Waals surface area contributed by atoms with Gasteiger partial charge in [-0.1, -0.05) is 11.6 Å². The Labute approximate surface area is 158 Å². The average Bonchev–Trinajstić information content (AvgIpc) is 3.05. The van der Waals surface area contributed by atoms with Crippen molar-refractivity contribution in [3.63, 3.8) is 0 Å². The number of rotatable bonds is 4. The second kappa shape index (κ2) is 7.33. The molecule has 2 aromatic heterocycles. The number of hydrogen-bond donors (Lipinski definition) is 0. The minimum atomic E-state index is -3.01.